The minimum atomic E-state index is -1.51. The van der Waals surface area contributed by atoms with E-state index in [1.54, 1.807) is 30.3 Å². The predicted octanol–water partition coefficient (Wildman–Crippen LogP) is -1.48. The Morgan fingerprint density at radius 2 is 1.55 bits per heavy atom. The summed E-state index contributed by atoms with van der Waals surface area (Å²) in [5, 5.41) is 25.3. The van der Waals surface area contributed by atoms with E-state index in [-0.39, 0.29) is 6.42 Å². The van der Waals surface area contributed by atoms with Crippen LogP contribution in [-0.2, 0) is 25.6 Å². The number of carbonyl (C=O) groups excluding carboxylic acids is 3. The summed E-state index contributed by atoms with van der Waals surface area (Å²) >= 11 is 0. The molecule has 0 aliphatic carbocycles. The summed E-state index contributed by atoms with van der Waals surface area (Å²) in [6, 6.07) is 5.18. The number of hydrogen-bond donors (Lipinski definition) is 6. The van der Waals surface area contributed by atoms with Crippen LogP contribution in [0.15, 0.2) is 30.3 Å². The molecule has 0 bridgehead atoms. The highest BCUT2D eigenvalue weighted by Gasteiger charge is 2.30. The second-order valence-corrected chi connectivity index (χ2v) is 7.25. The molecule has 29 heavy (non-hydrogen) atoms. The number of carboxylic acid groups (broad SMARTS) is 1. The second kappa shape index (κ2) is 10.5. The third-order valence-corrected chi connectivity index (χ3v) is 4.04. The number of rotatable bonds is 10. The van der Waals surface area contributed by atoms with E-state index < -0.39 is 54.0 Å². The van der Waals surface area contributed by atoms with Crippen molar-refractivity contribution in [1.29, 1.82) is 0 Å². The molecule has 160 valence electrons. The lowest BCUT2D eigenvalue weighted by Gasteiger charge is -2.24. The highest BCUT2D eigenvalue weighted by Crippen LogP contribution is 2.05. The molecule has 0 radical (unpaired) electrons. The van der Waals surface area contributed by atoms with Crippen molar-refractivity contribution < 1.29 is 29.4 Å². The Labute approximate surface area is 168 Å². The average Bonchev–Trinajstić information content (AvgIpc) is 2.64. The summed E-state index contributed by atoms with van der Waals surface area (Å²) in [5.74, 6) is -3.37. The first-order valence-corrected chi connectivity index (χ1v) is 9.04. The maximum atomic E-state index is 12.6. The van der Waals surface area contributed by atoms with Gasteiger partial charge < -0.3 is 31.9 Å². The summed E-state index contributed by atoms with van der Waals surface area (Å²) in [5.41, 5.74) is 5.23. The molecule has 1 rings (SSSR count). The number of benzene rings is 1. The lowest BCUT2D eigenvalue weighted by molar-refractivity contribution is -0.143. The van der Waals surface area contributed by atoms with Crippen molar-refractivity contribution in [2.24, 2.45) is 5.73 Å². The second-order valence-electron chi connectivity index (χ2n) is 7.25. The highest BCUT2D eigenvalue weighted by molar-refractivity contribution is 5.94. The van der Waals surface area contributed by atoms with Crippen LogP contribution in [0.5, 0.6) is 0 Å². The summed E-state index contributed by atoms with van der Waals surface area (Å²) in [6.45, 7) is 3.61. The monoisotopic (exact) mass is 408 g/mol. The van der Waals surface area contributed by atoms with Crippen molar-refractivity contribution in [3.05, 3.63) is 35.9 Å². The van der Waals surface area contributed by atoms with Crippen molar-refractivity contribution in [1.82, 2.24) is 16.0 Å². The molecule has 1 aromatic rings. The van der Waals surface area contributed by atoms with E-state index in [1.807, 2.05) is 0 Å². The Balaban J connectivity index is 2.92. The Bertz CT molecular complexity index is 732. The van der Waals surface area contributed by atoms with E-state index in [2.05, 4.69) is 16.0 Å². The number of aliphatic carboxylic acids is 1. The molecule has 0 saturated carbocycles. The summed E-state index contributed by atoms with van der Waals surface area (Å²) < 4.78 is 0. The fourth-order valence-corrected chi connectivity index (χ4v) is 2.26. The average molecular weight is 408 g/mol. The number of amides is 3. The van der Waals surface area contributed by atoms with E-state index in [0.717, 1.165) is 5.56 Å². The number of carboxylic acids is 1. The van der Waals surface area contributed by atoms with Crippen LogP contribution in [0.1, 0.15) is 26.3 Å². The van der Waals surface area contributed by atoms with Crippen molar-refractivity contribution in [3.8, 4) is 0 Å². The van der Waals surface area contributed by atoms with Crippen LogP contribution in [0, 0.1) is 0 Å². The van der Waals surface area contributed by atoms with Gasteiger partial charge in [-0.25, -0.2) is 4.79 Å². The van der Waals surface area contributed by atoms with Crippen LogP contribution in [-0.4, -0.2) is 64.2 Å². The van der Waals surface area contributed by atoms with Gasteiger partial charge in [-0.3, -0.25) is 14.4 Å². The highest BCUT2D eigenvalue weighted by atomic mass is 16.4. The summed E-state index contributed by atoms with van der Waals surface area (Å²) in [6.07, 6.45) is 0.0826. The molecule has 1 aromatic carbocycles. The maximum Gasteiger partial charge on any atom is 0.328 e. The molecule has 10 nitrogen and oxygen atoms in total. The molecular formula is C19H28N4O6. The molecule has 0 aromatic heterocycles. The largest absolute Gasteiger partial charge is 0.480 e. The molecule has 3 atom stereocenters. The van der Waals surface area contributed by atoms with Gasteiger partial charge in [-0.15, -0.1) is 0 Å². The van der Waals surface area contributed by atoms with Gasteiger partial charge in [0.25, 0.3) is 0 Å². The Kier molecular flexibility index (Phi) is 8.74. The lowest BCUT2D eigenvalue weighted by atomic mass is 10.0. The van der Waals surface area contributed by atoms with E-state index >= 15 is 0 Å². The number of aliphatic hydroxyl groups is 1. The molecule has 10 heteroatoms. The topological polar surface area (TPSA) is 171 Å². The van der Waals surface area contributed by atoms with Gasteiger partial charge in [0, 0.05) is 6.42 Å². The van der Waals surface area contributed by atoms with E-state index in [1.165, 1.54) is 20.8 Å². The zero-order valence-corrected chi connectivity index (χ0v) is 16.6. The van der Waals surface area contributed by atoms with E-state index in [0.29, 0.717) is 0 Å². The fourth-order valence-electron chi connectivity index (χ4n) is 2.26. The fraction of sp³-hybridized carbons (Fsp3) is 0.474. The first-order chi connectivity index (χ1) is 13.5. The minimum Gasteiger partial charge on any atom is -0.480 e. The van der Waals surface area contributed by atoms with Crippen LogP contribution in [0.3, 0.4) is 0 Å². The van der Waals surface area contributed by atoms with Gasteiger partial charge in [0.2, 0.25) is 17.7 Å². The van der Waals surface area contributed by atoms with E-state index in [4.69, 9.17) is 15.9 Å². The molecule has 0 saturated heterocycles. The van der Waals surface area contributed by atoms with Gasteiger partial charge >= 0.3 is 5.97 Å². The van der Waals surface area contributed by atoms with Gasteiger partial charge in [-0.05, 0) is 26.3 Å². The molecule has 0 fully saturated rings. The first kappa shape index (κ1) is 24.1. The van der Waals surface area contributed by atoms with Crippen molar-refractivity contribution in [2.45, 2.75) is 50.9 Å². The Morgan fingerprint density at radius 3 is 2.03 bits per heavy atom. The van der Waals surface area contributed by atoms with Crippen LogP contribution >= 0.6 is 0 Å². The van der Waals surface area contributed by atoms with Crippen LogP contribution in [0.25, 0.3) is 0 Å². The lowest BCUT2D eigenvalue weighted by Crippen LogP contribution is -2.58. The van der Waals surface area contributed by atoms with Crippen LogP contribution in [0.4, 0.5) is 0 Å². The van der Waals surface area contributed by atoms with Crippen molar-refractivity contribution in [3.63, 3.8) is 0 Å². The molecular weight excluding hydrogens is 380 g/mol. The molecule has 0 aliphatic rings. The predicted molar refractivity (Wildman–Crippen MR) is 105 cm³/mol. The molecule has 3 amide bonds. The minimum absolute atomic E-state index is 0.0826. The number of hydrogen-bond acceptors (Lipinski definition) is 6. The summed E-state index contributed by atoms with van der Waals surface area (Å²) in [4.78, 5) is 48.1. The SMILES string of the molecule is C[C@H](NC(=O)C(C)(C)N)C(=O)N[C@@H](Cc1ccccc1)C(=O)N[C@@H](CO)C(=O)O. The molecule has 0 unspecified atom stereocenters. The summed E-state index contributed by atoms with van der Waals surface area (Å²) in [7, 11) is 0. The number of nitrogens with two attached hydrogens (primary N) is 1. The zero-order valence-electron chi connectivity index (χ0n) is 16.6. The van der Waals surface area contributed by atoms with Gasteiger partial charge in [0.1, 0.15) is 18.1 Å². The normalized spacial score (nSPS) is 14.2. The smallest absolute Gasteiger partial charge is 0.328 e. The molecule has 0 heterocycles. The Morgan fingerprint density at radius 1 is 1.00 bits per heavy atom. The van der Waals surface area contributed by atoms with Crippen LogP contribution in [0.2, 0.25) is 0 Å². The quantitative estimate of drug-likeness (QED) is 0.274. The third-order valence-electron chi connectivity index (χ3n) is 4.04. The molecule has 0 spiro atoms. The third kappa shape index (κ3) is 7.88. The van der Waals surface area contributed by atoms with Gasteiger partial charge in [-0.2, -0.15) is 0 Å². The number of aliphatic hydroxyl groups excluding tert-OH is 1. The van der Waals surface area contributed by atoms with Crippen molar-refractivity contribution >= 4 is 23.7 Å². The van der Waals surface area contributed by atoms with Gasteiger partial charge in [0.15, 0.2) is 0 Å². The standard InChI is InChI=1S/C19H28N4O6/c1-11(21-18(29)19(2,3)20)15(25)22-13(9-12-7-5-4-6-8-12)16(26)23-14(10-24)17(27)28/h4-8,11,13-14,24H,9-10,20H2,1-3H3,(H,21,29)(H,22,25)(H,23,26)(H,27,28)/t11-,13-,14-/m0/s1. The van der Waals surface area contributed by atoms with Gasteiger partial charge in [-0.1, -0.05) is 30.3 Å². The van der Waals surface area contributed by atoms with Gasteiger partial charge in [0.05, 0.1) is 12.1 Å². The van der Waals surface area contributed by atoms with E-state index in [9.17, 15) is 19.2 Å². The zero-order chi connectivity index (χ0) is 22.2. The number of carbonyl (C=O) groups is 4. The first-order valence-electron chi connectivity index (χ1n) is 9.04. The van der Waals surface area contributed by atoms with Crippen molar-refractivity contribution in [2.75, 3.05) is 6.61 Å². The maximum absolute atomic E-state index is 12.6. The number of nitrogens with one attached hydrogen (secondary N) is 3. The molecule has 0 aliphatic heterocycles. The van der Waals surface area contributed by atoms with Crippen LogP contribution < -0.4 is 21.7 Å². The Hall–Kier alpha value is -2.98. The molecule has 7 N–H and O–H groups in total.